The number of nitrogens with zero attached hydrogens (tertiary/aromatic N) is 1. The quantitative estimate of drug-likeness (QED) is 0.0449. The van der Waals surface area contributed by atoms with E-state index in [1.54, 1.807) is 41.5 Å². The zero-order valence-corrected chi connectivity index (χ0v) is 48.5. The summed E-state index contributed by atoms with van der Waals surface area (Å²) in [6.45, 7) is 19.8. The highest BCUT2D eigenvalue weighted by atomic mass is 16.7. The van der Waals surface area contributed by atoms with Gasteiger partial charge in [-0.2, -0.15) is 0 Å². The molecule has 0 saturated carbocycles. The number of aliphatic carboxylic acids is 1. The minimum Gasteiger partial charge on any atom is -0.481 e. The van der Waals surface area contributed by atoms with Gasteiger partial charge in [-0.1, -0.05) is 125 Å². The summed E-state index contributed by atoms with van der Waals surface area (Å²) >= 11 is 0. The van der Waals surface area contributed by atoms with E-state index in [2.05, 4.69) is 6.92 Å². The highest BCUT2D eigenvalue weighted by molar-refractivity contribution is 5.83. The normalized spacial score (nSPS) is 37.6. The Morgan fingerprint density at radius 1 is 0.730 bits per heavy atom. The van der Waals surface area contributed by atoms with E-state index in [1.807, 2.05) is 25.9 Å². The smallest absolute Gasteiger partial charge is 0.311 e. The molecule has 3 aliphatic rings. The highest BCUT2D eigenvalue weighted by Gasteiger charge is 2.54. The van der Waals surface area contributed by atoms with Crippen molar-refractivity contribution in [2.24, 2.45) is 23.7 Å². The van der Waals surface area contributed by atoms with Gasteiger partial charge in [-0.3, -0.25) is 19.2 Å². The van der Waals surface area contributed by atoms with Gasteiger partial charge in [0.05, 0.1) is 53.7 Å². The number of rotatable bonds is 24. The van der Waals surface area contributed by atoms with Gasteiger partial charge in [-0.05, 0) is 81.3 Å². The van der Waals surface area contributed by atoms with Crippen LogP contribution in [0.1, 0.15) is 212 Å². The van der Waals surface area contributed by atoms with Gasteiger partial charge >= 0.3 is 17.9 Å². The van der Waals surface area contributed by atoms with E-state index >= 15 is 0 Å². The van der Waals surface area contributed by atoms with Crippen molar-refractivity contribution in [1.82, 2.24) is 4.90 Å². The first-order valence-corrected chi connectivity index (χ1v) is 28.4. The van der Waals surface area contributed by atoms with E-state index in [-0.39, 0.29) is 31.4 Å². The van der Waals surface area contributed by atoms with Crippen molar-refractivity contribution >= 4 is 23.7 Å². The molecule has 74 heavy (non-hydrogen) atoms. The molecule has 2 unspecified atom stereocenters. The number of ether oxygens (including phenoxy) is 7. The molecule has 17 nitrogen and oxygen atoms in total. The fourth-order valence-corrected chi connectivity index (χ4v) is 11.4. The van der Waals surface area contributed by atoms with Crippen molar-refractivity contribution in [3.8, 4) is 0 Å². The molecule has 18 atom stereocenters. The van der Waals surface area contributed by atoms with Crippen LogP contribution in [0.5, 0.6) is 0 Å². The van der Waals surface area contributed by atoms with Gasteiger partial charge in [0.2, 0.25) is 0 Å². The number of Topliss-reactive ketones (excluding diaryl/α,β-unsaturated/α-hetero) is 1. The number of methoxy groups -OCH3 is 1. The number of carboxylic acid groups (broad SMARTS) is 1. The molecule has 434 valence electrons. The SMILES string of the molecule is CCCCCCCCCCCCCCCCCC(=O)O.CC[C@H]1OC(=O)[C@H](C)[C@@H](OC2C[C@@](C)(OC)[C@@H](O)[C@H](C)O2)[C@H](C)[C@@H](OC2O[C@H](C)C[C@H](N(C)C)[C@H]2OC(C)=O)[C@](C)(O)C[C@@H](C)C(=O)[C@H](C)[C@@H](O)[C@]1(C)O. The van der Waals surface area contributed by atoms with Crippen LogP contribution in [0.3, 0.4) is 0 Å². The number of carbonyl (C=O) groups is 4. The number of hydrogen-bond donors (Lipinski definition) is 5. The Balaban J connectivity index is 0.000000788. The number of aliphatic hydroxyl groups excluding tert-OH is 2. The Labute approximate surface area is 445 Å². The maximum atomic E-state index is 14.2. The Kier molecular flexibility index (Phi) is 29.8. The van der Waals surface area contributed by atoms with Crippen LogP contribution >= 0.6 is 0 Å². The molecule has 17 heteroatoms. The maximum Gasteiger partial charge on any atom is 0.311 e. The predicted octanol–water partition coefficient (Wildman–Crippen LogP) is 8.69. The third-order valence-corrected chi connectivity index (χ3v) is 16.1. The van der Waals surface area contributed by atoms with E-state index in [0.717, 1.165) is 12.8 Å². The Morgan fingerprint density at radius 2 is 1.26 bits per heavy atom. The Bertz CT molecular complexity index is 1640. The van der Waals surface area contributed by atoms with Gasteiger partial charge in [-0.15, -0.1) is 0 Å². The van der Waals surface area contributed by atoms with E-state index in [4.69, 9.17) is 38.3 Å². The van der Waals surface area contributed by atoms with Gasteiger partial charge in [0, 0.05) is 44.6 Å². The van der Waals surface area contributed by atoms with Crippen molar-refractivity contribution in [2.75, 3.05) is 21.2 Å². The lowest BCUT2D eigenvalue weighted by Gasteiger charge is -2.49. The van der Waals surface area contributed by atoms with Crippen LogP contribution in [-0.2, 0) is 52.3 Å². The van der Waals surface area contributed by atoms with Crippen molar-refractivity contribution in [2.45, 2.75) is 296 Å². The maximum absolute atomic E-state index is 14.2. The summed E-state index contributed by atoms with van der Waals surface area (Å²) in [5.41, 5.74) is -4.92. The summed E-state index contributed by atoms with van der Waals surface area (Å²) in [7, 11) is 5.19. The first-order chi connectivity index (χ1) is 34.6. The van der Waals surface area contributed by atoms with Crippen LogP contribution in [0.25, 0.3) is 0 Å². The van der Waals surface area contributed by atoms with E-state index in [0.29, 0.717) is 12.8 Å². The van der Waals surface area contributed by atoms with E-state index < -0.39 is 119 Å². The number of esters is 2. The summed E-state index contributed by atoms with van der Waals surface area (Å²) in [6.07, 6.45) is 10.4. The molecule has 0 aromatic rings. The molecule has 0 radical (unpaired) electrons. The van der Waals surface area contributed by atoms with E-state index in [1.165, 1.54) is 118 Å². The van der Waals surface area contributed by atoms with E-state index in [9.17, 15) is 39.6 Å². The topological polar surface area (TPSA) is 237 Å². The first-order valence-electron chi connectivity index (χ1n) is 28.4. The number of carbonyl (C=O) groups excluding carboxylic acids is 3. The zero-order chi connectivity index (χ0) is 56.1. The minimum atomic E-state index is -2.01. The minimum absolute atomic E-state index is 0.0755. The second-order valence-electron chi connectivity index (χ2n) is 23.1. The molecule has 3 aliphatic heterocycles. The molecule has 3 heterocycles. The molecular weight excluding hydrogens is 955 g/mol. The van der Waals surface area contributed by atoms with Gasteiger partial charge in [0.25, 0.3) is 0 Å². The second kappa shape index (κ2) is 32.5. The highest BCUT2D eigenvalue weighted by Crippen LogP contribution is 2.41. The van der Waals surface area contributed by atoms with Crippen molar-refractivity contribution in [3.63, 3.8) is 0 Å². The van der Waals surface area contributed by atoms with Gasteiger partial charge in [0.1, 0.15) is 23.6 Å². The van der Waals surface area contributed by atoms with Crippen molar-refractivity contribution in [3.05, 3.63) is 0 Å². The van der Waals surface area contributed by atoms with Crippen LogP contribution in [0.15, 0.2) is 0 Å². The number of unbranched alkanes of at least 4 members (excludes halogenated alkanes) is 14. The first kappa shape index (κ1) is 67.8. The van der Waals surface area contributed by atoms with Gasteiger partial charge in [-0.25, -0.2) is 0 Å². The lowest BCUT2D eigenvalue weighted by molar-refractivity contribution is -0.318. The number of likely N-dealkylation sites (N-methyl/N-ethyl adjacent to an activating group) is 1. The van der Waals surface area contributed by atoms with Crippen LogP contribution in [0.4, 0.5) is 0 Å². The van der Waals surface area contributed by atoms with Gasteiger partial charge < -0.3 is 63.6 Å². The molecular formula is C57H105NO16. The lowest BCUT2D eigenvalue weighted by Crippen LogP contribution is -2.61. The van der Waals surface area contributed by atoms with Crippen LogP contribution in [0, 0.1) is 23.7 Å². The number of carboxylic acids is 1. The molecule has 0 aliphatic carbocycles. The number of ketones is 1. The monoisotopic (exact) mass is 1060 g/mol. The summed E-state index contributed by atoms with van der Waals surface area (Å²) < 4.78 is 43.3. The molecule has 5 N–H and O–H groups in total. The lowest BCUT2D eigenvalue weighted by atomic mass is 9.74. The molecule has 0 amide bonds. The summed E-state index contributed by atoms with van der Waals surface area (Å²) in [5.74, 6) is -6.33. The predicted molar refractivity (Wildman–Crippen MR) is 283 cm³/mol. The van der Waals surface area contributed by atoms with Crippen molar-refractivity contribution < 1.29 is 77.9 Å². The standard InChI is InChI=1S/C39H69NO14.C18H36O2/c1-15-27-39(11,47)32(43)21(4)29(42)19(2)17-37(9,46)34(54-36-31(51-25(8)41)26(40(12)13)16-20(3)49-36)22(5)30(23(6)35(45)52-27)53-28-18-38(10,48-14)33(44)24(7)50-28;1-2-3-4-5-6-7-8-9-10-11-12-13-14-15-16-17-18(19)20/h19-24,26-28,30-34,36,43-44,46-47H,15-18H2,1-14H3;2-17H2,1H3,(H,19,20)/t19-,20-,21+,22+,23-,24+,26+,27-,28?,30+,31-,32-,33+,34-,36?,37-,38-,39-;/m1./s1. The Morgan fingerprint density at radius 3 is 1.73 bits per heavy atom. The summed E-state index contributed by atoms with van der Waals surface area (Å²) in [6, 6.07) is -0.320. The number of cyclic esters (lactones) is 1. The number of aliphatic hydroxyl groups is 4. The third kappa shape index (κ3) is 20.8. The Hall–Kier alpha value is -2.32. The summed E-state index contributed by atoms with van der Waals surface area (Å²) in [5, 5.41) is 55.0. The fourth-order valence-electron chi connectivity index (χ4n) is 11.4. The van der Waals surface area contributed by atoms with Gasteiger partial charge in [0.15, 0.2) is 18.7 Å². The van der Waals surface area contributed by atoms with Crippen LogP contribution < -0.4 is 0 Å². The molecule has 3 saturated heterocycles. The van der Waals surface area contributed by atoms with Crippen LogP contribution in [0.2, 0.25) is 0 Å². The summed E-state index contributed by atoms with van der Waals surface area (Å²) in [4.78, 5) is 52.8. The van der Waals surface area contributed by atoms with Crippen LogP contribution in [-0.4, -0.2) is 160 Å². The molecule has 3 rings (SSSR count). The average molecular weight is 1060 g/mol. The molecule has 3 fully saturated rings. The molecule has 0 aromatic carbocycles. The largest absolute Gasteiger partial charge is 0.481 e. The second-order valence-corrected chi connectivity index (χ2v) is 23.1. The molecule has 0 aromatic heterocycles. The average Bonchev–Trinajstić information content (AvgIpc) is 3.33. The zero-order valence-electron chi connectivity index (χ0n) is 48.5. The molecule has 0 bridgehead atoms. The van der Waals surface area contributed by atoms with Crippen molar-refractivity contribution in [1.29, 1.82) is 0 Å². The molecule has 0 spiro atoms. The number of hydrogen-bond acceptors (Lipinski definition) is 16. The third-order valence-electron chi connectivity index (χ3n) is 16.1. The fraction of sp³-hybridized carbons (Fsp3) is 0.930.